The summed E-state index contributed by atoms with van der Waals surface area (Å²) in [5.41, 5.74) is 2.79. The summed E-state index contributed by atoms with van der Waals surface area (Å²) < 4.78 is 0. The molecule has 1 N–H and O–H groups in total. The lowest BCUT2D eigenvalue weighted by atomic mass is 9.89. The molecular weight excluding hydrogens is 206 g/mol. The second-order valence-corrected chi connectivity index (χ2v) is 5.07. The molecule has 0 saturated heterocycles. The van der Waals surface area contributed by atoms with Gasteiger partial charge in [-0.2, -0.15) is 0 Å². The highest BCUT2D eigenvalue weighted by Crippen LogP contribution is 2.26. The Morgan fingerprint density at radius 2 is 2.00 bits per heavy atom. The Labute approximate surface area is 107 Å². The summed E-state index contributed by atoms with van der Waals surface area (Å²) >= 11 is 0. The van der Waals surface area contributed by atoms with Gasteiger partial charge in [-0.25, -0.2) is 0 Å². The van der Waals surface area contributed by atoms with Crippen molar-refractivity contribution in [2.75, 3.05) is 6.54 Å². The topological polar surface area (TPSA) is 12.0 Å². The number of nitrogens with one attached hydrogen (secondary N) is 1. The van der Waals surface area contributed by atoms with Gasteiger partial charge in [-0.15, -0.1) is 0 Å². The Morgan fingerprint density at radius 3 is 2.59 bits per heavy atom. The van der Waals surface area contributed by atoms with Crippen molar-refractivity contribution < 1.29 is 0 Å². The molecule has 0 radical (unpaired) electrons. The molecule has 0 heterocycles. The first kappa shape index (κ1) is 14.2. The minimum atomic E-state index is 0.506. The molecule has 0 fully saturated rings. The Hall–Kier alpha value is -0.820. The van der Waals surface area contributed by atoms with Crippen LogP contribution in [0.3, 0.4) is 0 Å². The Kier molecular flexibility index (Phi) is 6.28. The summed E-state index contributed by atoms with van der Waals surface area (Å²) in [6.45, 7) is 10.0. The molecule has 1 aromatic carbocycles. The molecule has 0 aliphatic rings. The van der Waals surface area contributed by atoms with E-state index in [1.807, 2.05) is 0 Å². The number of unbranched alkanes of at least 4 members (excludes halogenated alkanes) is 1. The van der Waals surface area contributed by atoms with E-state index >= 15 is 0 Å². The molecule has 0 aliphatic carbocycles. The van der Waals surface area contributed by atoms with E-state index in [4.69, 9.17) is 0 Å². The van der Waals surface area contributed by atoms with E-state index in [-0.39, 0.29) is 0 Å². The van der Waals surface area contributed by atoms with Crippen molar-refractivity contribution in [3.63, 3.8) is 0 Å². The second-order valence-electron chi connectivity index (χ2n) is 5.07. The van der Waals surface area contributed by atoms with Crippen LogP contribution < -0.4 is 5.32 Å². The summed E-state index contributed by atoms with van der Waals surface area (Å²) in [7, 11) is 0. The standard InChI is InChI=1S/C16H27N/c1-5-7-10-14(4)16(17-6-2)15-11-8-9-13(3)12-15/h8-9,11-12,14,16-17H,5-7,10H2,1-4H3. The van der Waals surface area contributed by atoms with Gasteiger partial charge in [0.2, 0.25) is 0 Å². The zero-order chi connectivity index (χ0) is 12.7. The largest absolute Gasteiger partial charge is 0.310 e. The molecule has 0 saturated carbocycles. The average molecular weight is 233 g/mol. The van der Waals surface area contributed by atoms with Gasteiger partial charge in [-0.1, -0.05) is 63.4 Å². The van der Waals surface area contributed by atoms with Crippen LogP contribution in [-0.4, -0.2) is 6.54 Å². The maximum Gasteiger partial charge on any atom is 0.0346 e. The quantitative estimate of drug-likeness (QED) is 0.732. The molecule has 1 heteroatoms. The minimum Gasteiger partial charge on any atom is -0.310 e. The molecule has 0 amide bonds. The van der Waals surface area contributed by atoms with Gasteiger partial charge >= 0.3 is 0 Å². The third-order valence-corrected chi connectivity index (χ3v) is 3.41. The first-order valence-electron chi connectivity index (χ1n) is 6.99. The molecule has 0 aromatic heterocycles. The van der Waals surface area contributed by atoms with Gasteiger partial charge in [0.25, 0.3) is 0 Å². The van der Waals surface area contributed by atoms with E-state index in [1.54, 1.807) is 0 Å². The molecule has 17 heavy (non-hydrogen) atoms. The van der Waals surface area contributed by atoms with E-state index in [2.05, 4.69) is 57.3 Å². The van der Waals surface area contributed by atoms with Gasteiger partial charge < -0.3 is 5.32 Å². The SMILES string of the molecule is CCCCC(C)C(NCC)c1cccc(C)c1. The molecule has 96 valence electrons. The van der Waals surface area contributed by atoms with Gasteiger partial charge in [0.15, 0.2) is 0 Å². The molecule has 0 spiro atoms. The van der Waals surface area contributed by atoms with Crippen LogP contribution in [0.2, 0.25) is 0 Å². The van der Waals surface area contributed by atoms with Crippen LogP contribution >= 0.6 is 0 Å². The van der Waals surface area contributed by atoms with E-state index in [9.17, 15) is 0 Å². The fourth-order valence-corrected chi connectivity index (χ4v) is 2.42. The third-order valence-electron chi connectivity index (χ3n) is 3.41. The highest BCUT2D eigenvalue weighted by Gasteiger charge is 2.17. The summed E-state index contributed by atoms with van der Waals surface area (Å²) in [6, 6.07) is 9.41. The molecular formula is C16H27N. The fraction of sp³-hybridized carbons (Fsp3) is 0.625. The normalized spacial score (nSPS) is 14.6. The van der Waals surface area contributed by atoms with Crippen molar-refractivity contribution >= 4 is 0 Å². The Balaban J connectivity index is 2.77. The highest BCUT2D eigenvalue weighted by atomic mass is 14.9. The molecule has 2 unspecified atom stereocenters. The maximum atomic E-state index is 3.63. The molecule has 2 atom stereocenters. The van der Waals surface area contributed by atoms with Gasteiger partial charge in [0.1, 0.15) is 0 Å². The number of rotatable bonds is 7. The Morgan fingerprint density at radius 1 is 1.24 bits per heavy atom. The smallest absolute Gasteiger partial charge is 0.0346 e. The molecule has 1 nitrogen and oxygen atoms in total. The summed E-state index contributed by atoms with van der Waals surface area (Å²) in [4.78, 5) is 0. The lowest BCUT2D eigenvalue weighted by molar-refractivity contribution is 0.363. The fourth-order valence-electron chi connectivity index (χ4n) is 2.42. The molecule has 0 bridgehead atoms. The third kappa shape index (κ3) is 4.51. The van der Waals surface area contributed by atoms with Crippen molar-refractivity contribution in [3.05, 3.63) is 35.4 Å². The number of hydrogen-bond acceptors (Lipinski definition) is 1. The van der Waals surface area contributed by atoms with Crippen LogP contribution in [0.25, 0.3) is 0 Å². The molecule has 1 rings (SSSR count). The van der Waals surface area contributed by atoms with Crippen LogP contribution in [0.1, 0.15) is 57.2 Å². The lowest BCUT2D eigenvalue weighted by Crippen LogP contribution is -2.26. The van der Waals surface area contributed by atoms with Gasteiger partial charge in [-0.3, -0.25) is 0 Å². The summed E-state index contributed by atoms with van der Waals surface area (Å²) in [6.07, 6.45) is 3.92. The van der Waals surface area contributed by atoms with E-state index < -0.39 is 0 Å². The van der Waals surface area contributed by atoms with Crippen LogP contribution in [0.15, 0.2) is 24.3 Å². The van der Waals surface area contributed by atoms with E-state index in [1.165, 1.54) is 30.4 Å². The zero-order valence-electron chi connectivity index (χ0n) is 11.8. The second kappa shape index (κ2) is 7.50. The number of aryl methyl sites for hydroxylation is 1. The van der Waals surface area contributed by atoms with Crippen molar-refractivity contribution in [3.8, 4) is 0 Å². The average Bonchev–Trinajstić information content (AvgIpc) is 2.33. The lowest BCUT2D eigenvalue weighted by Gasteiger charge is -2.25. The van der Waals surface area contributed by atoms with Crippen LogP contribution in [0.4, 0.5) is 0 Å². The van der Waals surface area contributed by atoms with Gasteiger partial charge in [0, 0.05) is 6.04 Å². The predicted molar refractivity (Wildman–Crippen MR) is 76.3 cm³/mol. The van der Waals surface area contributed by atoms with Gasteiger partial charge in [0.05, 0.1) is 0 Å². The highest BCUT2D eigenvalue weighted by molar-refractivity contribution is 5.25. The van der Waals surface area contributed by atoms with Crippen molar-refractivity contribution in [2.45, 2.75) is 53.0 Å². The van der Waals surface area contributed by atoms with Crippen LogP contribution in [-0.2, 0) is 0 Å². The zero-order valence-corrected chi connectivity index (χ0v) is 11.8. The van der Waals surface area contributed by atoms with E-state index in [0.29, 0.717) is 12.0 Å². The van der Waals surface area contributed by atoms with Crippen molar-refractivity contribution in [1.82, 2.24) is 5.32 Å². The Bertz CT molecular complexity index is 319. The molecule has 1 aromatic rings. The number of benzene rings is 1. The van der Waals surface area contributed by atoms with Crippen LogP contribution in [0.5, 0.6) is 0 Å². The van der Waals surface area contributed by atoms with Crippen LogP contribution in [0, 0.1) is 12.8 Å². The minimum absolute atomic E-state index is 0.506. The molecule has 0 aliphatic heterocycles. The van der Waals surface area contributed by atoms with Crippen molar-refractivity contribution in [2.24, 2.45) is 5.92 Å². The van der Waals surface area contributed by atoms with Gasteiger partial charge in [-0.05, 0) is 31.4 Å². The predicted octanol–water partition coefficient (Wildman–Crippen LogP) is 4.47. The van der Waals surface area contributed by atoms with Crippen molar-refractivity contribution in [1.29, 1.82) is 0 Å². The maximum absolute atomic E-state index is 3.63. The monoisotopic (exact) mass is 233 g/mol. The first-order valence-corrected chi connectivity index (χ1v) is 6.99. The van der Waals surface area contributed by atoms with E-state index in [0.717, 1.165) is 6.54 Å². The number of hydrogen-bond donors (Lipinski definition) is 1. The first-order chi connectivity index (χ1) is 8.19. The summed E-state index contributed by atoms with van der Waals surface area (Å²) in [5, 5.41) is 3.63. The summed E-state index contributed by atoms with van der Waals surface area (Å²) in [5.74, 6) is 0.705.